The van der Waals surface area contributed by atoms with Crippen LogP contribution in [-0.4, -0.2) is 46.9 Å². The van der Waals surface area contributed by atoms with Gasteiger partial charge in [-0.25, -0.2) is 17.2 Å². The Morgan fingerprint density at radius 1 is 1.11 bits per heavy atom. The molecule has 1 aliphatic heterocycles. The minimum Gasteiger partial charge on any atom is -0.480 e. The maximum absolute atomic E-state index is 13.4. The van der Waals surface area contributed by atoms with E-state index in [0.29, 0.717) is 11.3 Å². The first kappa shape index (κ1) is 20.8. The molecule has 1 aliphatic rings. The van der Waals surface area contributed by atoms with Gasteiger partial charge in [0.25, 0.3) is 0 Å². The molecule has 2 aromatic rings. The van der Waals surface area contributed by atoms with Crippen LogP contribution < -0.4 is 0 Å². The van der Waals surface area contributed by atoms with Gasteiger partial charge in [0.15, 0.2) is 0 Å². The summed E-state index contributed by atoms with van der Waals surface area (Å²) in [5.74, 6) is -2.18. The Kier molecular flexibility index (Phi) is 5.53. The second-order valence-electron chi connectivity index (χ2n) is 6.99. The van der Waals surface area contributed by atoms with E-state index in [9.17, 15) is 27.1 Å². The quantitative estimate of drug-likeness (QED) is 0.807. The van der Waals surface area contributed by atoms with Crippen LogP contribution in [-0.2, 0) is 14.8 Å². The third-order valence-corrected chi connectivity index (χ3v) is 7.86. The summed E-state index contributed by atoms with van der Waals surface area (Å²) in [5.41, 5.74) is 0.724. The van der Waals surface area contributed by atoms with E-state index in [2.05, 4.69) is 0 Å². The summed E-state index contributed by atoms with van der Waals surface area (Å²) in [5, 5.41) is 9.61. The fraction of sp³-hybridized carbons (Fsp3) is 0.316. The lowest BCUT2D eigenvalue weighted by molar-refractivity contribution is -0.142. The molecule has 28 heavy (non-hydrogen) atoms. The van der Waals surface area contributed by atoms with Crippen molar-refractivity contribution < 1.29 is 27.1 Å². The van der Waals surface area contributed by atoms with Crippen LogP contribution in [0, 0.1) is 11.6 Å². The molecule has 1 saturated heterocycles. The van der Waals surface area contributed by atoms with Crippen LogP contribution in [0.2, 0.25) is 0 Å². The number of nitrogens with zero attached hydrogens (tertiary/aromatic N) is 1. The van der Waals surface area contributed by atoms with E-state index in [4.69, 9.17) is 0 Å². The fourth-order valence-corrected chi connectivity index (χ4v) is 6.40. The van der Waals surface area contributed by atoms with Gasteiger partial charge in [-0.15, -0.1) is 0 Å². The largest absolute Gasteiger partial charge is 0.480 e. The molecule has 3 rings (SSSR count). The summed E-state index contributed by atoms with van der Waals surface area (Å²) in [4.78, 5) is 11.7. The van der Waals surface area contributed by atoms with Crippen LogP contribution in [0.15, 0.2) is 47.4 Å². The van der Waals surface area contributed by atoms with Gasteiger partial charge < -0.3 is 5.11 Å². The molecule has 2 aromatic carbocycles. The van der Waals surface area contributed by atoms with Gasteiger partial charge in [-0.3, -0.25) is 4.79 Å². The van der Waals surface area contributed by atoms with E-state index in [0.717, 1.165) is 22.5 Å². The number of hydrogen-bond acceptors (Lipinski definition) is 4. The van der Waals surface area contributed by atoms with Gasteiger partial charge in [0.05, 0.1) is 4.90 Å². The second kappa shape index (κ2) is 7.46. The Morgan fingerprint density at radius 2 is 1.68 bits per heavy atom. The van der Waals surface area contributed by atoms with E-state index >= 15 is 0 Å². The lowest BCUT2D eigenvalue weighted by Gasteiger charge is -2.42. The number of carbonyl (C=O) groups is 1. The highest BCUT2D eigenvalue weighted by molar-refractivity contribution is 8.00. The van der Waals surface area contributed by atoms with Gasteiger partial charge in [0, 0.05) is 23.1 Å². The lowest BCUT2D eigenvalue weighted by Crippen LogP contribution is -2.58. The zero-order chi connectivity index (χ0) is 20.7. The van der Waals surface area contributed by atoms with E-state index in [1.165, 1.54) is 36.0 Å². The zero-order valence-electron chi connectivity index (χ0n) is 15.2. The van der Waals surface area contributed by atoms with Crippen molar-refractivity contribution in [2.75, 3.05) is 12.3 Å². The standard InChI is InChI=1S/C19H19F2NO4S2/c1-19(2)17(18(23)24)22(7-8-27-19)28(25,26)16-5-3-12(4-6-16)13-9-14(20)11-15(21)10-13/h3-6,9-11,17H,7-8H2,1-2H3,(H,23,24)/t17-/m0/s1. The molecule has 0 saturated carbocycles. The van der Waals surface area contributed by atoms with Crippen molar-refractivity contribution in [1.82, 2.24) is 4.31 Å². The van der Waals surface area contributed by atoms with Crippen molar-refractivity contribution in [3.63, 3.8) is 0 Å². The molecule has 0 radical (unpaired) electrons. The highest BCUT2D eigenvalue weighted by atomic mass is 32.2. The number of sulfonamides is 1. The number of thioether (sulfide) groups is 1. The van der Waals surface area contributed by atoms with Crippen LogP contribution in [0.4, 0.5) is 8.78 Å². The molecule has 0 aromatic heterocycles. The third-order valence-electron chi connectivity index (χ3n) is 4.62. The molecule has 5 nitrogen and oxygen atoms in total. The predicted octanol–water partition coefficient (Wildman–Crippen LogP) is 3.60. The summed E-state index contributed by atoms with van der Waals surface area (Å²) in [6.07, 6.45) is 0. The van der Waals surface area contributed by atoms with Crippen molar-refractivity contribution in [1.29, 1.82) is 0 Å². The van der Waals surface area contributed by atoms with E-state index in [1.54, 1.807) is 13.8 Å². The molecule has 0 unspecified atom stereocenters. The summed E-state index contributed by atoms with van der Waals surface area (Å²) in [6, 6.07) is 7.39. The Labute approximate surface area is 166 Å². The van der Waals surface area contributed by atoms with E-state index < -0.39 is 38.4 Å². The average Bonchev–Trinajstić information content (AvgIpc) is 2.59. The third kappa shape index (κ3) is 3.92. The molecule has 0 aliphatic carbocycles. The van der Waals surface area contributed by atoms with Crippen LogP contribution in [0.5, 0.6) is 0 Å². The second-order valence-corrected chi connectivity index (χ2v) is 10.6. The SMILES string of the molecule is CC1(C)SCCN(S(=O)(=O)c2ccc(-c3cc(F)cc(F)c3)cc2)[C@H]1C(=O)O. The normalized spacial score (nSPS) is 20.1. The molecule has 1 heterocycles. The highest BCUT2D eigenvalue weighted by Crippen LogP contribution is 2.38. The maximum Gasteiger partial charge on any atom is 0.323 e. The van der Waals surface area contributed by atoms with Crippen LogP contribution in [0.3, 0.4) is 0 Å². The molecule has 1 fully saturated rings. The topological polar surface area (TPSA) is 74.7 Å². The minimum atomic E-state index is -4.05. The molecular weight excluding hydrogens is 408 g/mol. The first-order chi connectivity index (χ1) is 13.0. The van der Waals surface area contributed by atoms with Crippen LogP contribution in [0.1, 0.15) is 13.8 Å². The van der Waals surface area contributed by atoms with Gasteiger partial charge in [-0.05, 0) is 49.2 Å². The average molecular weight is 427 g/mol. The number of carboxylic acid groups (broad SMARTS) is 1. The summed E-state index contributed by atoms with van der Waals surface area (Å²) in [7, 11) is -4.05. The number of hydrogen-bond donors (Lipinski definition) is 1. The Balaban J connectivity index is 1.97. The number of carboxylic acids is 1. The molecule has 150 valence electrons. The first-order valence-electron chi connectivity index (χ1n) is 8.47. The lowest BCUT2D eigenvalue weighted by atomic mass is 10.0. The van der Waals surface area contributed by atoms with Crippen molar-refractivity contribution in [2.24, 2.45) is 0 Å². The van der Waals surface area contributed by atoms with Crippen LogP contribution >= 0.6 is 11.8 Å². The summed E-state index contributed by atoms with van der Waals surface area (Å²) < 4.78 is 53.2. The molecule has 1 atom stereocenters. The Bertz CT molecular complexity index is 987. The minimum absolute atomic E-state index is 0.0675. The van der Waals surface area contributed by atoms with Gasteiger partial charge in [-0.1, -0.05) is 12.1 Å². The van der Waals surface area contributed by atoms with Gasteiger partial charge in [0.1, 0.15) is 17.7 Å². The number of aliphatic carboxylic acids is 1. The Morgan fingerprint density at radius 3 is 2.21 bits per heavy atom. The van der Waals surface area contributed by atoms with Gasteiger partial charge >= 0.3 is 5.97 Å². The molecular formula is C19H19F2NO4S2. The molecule has 0 amide bonds. The van der Waals surface area contributed by atoms with Crippen LogP contribution in [0.25, 0.3) is 11.1 Å². The number of rotatable bonds is 4. The molecule has 0 spiro atoms. The van der Waals surface area contributed by atoms with Crippen molar-refractivity contribution >= 4 is 27.8 Å². The summed E-state index contributed by atoms with van der Waals surface area (Å²) in [6.45, 7) is 3.50. The maximum atomic E-state index is 13.4. The van der Waals surface area contributed by atoms with Gasteiger partial charge in [-0.2, -0.15) is 16.1 Å². The monoisotopic (exact) mass is 427 g/mol. The summed E-state index contributed by atoms with van der Waals surface area (Å²) >= 11 is 1.42. The predicted molar refractivity (Wildman–Crippen MR) is 104 cm³/mol. The highest BCUT2D eigenvalue weighted by Gasteiger charge is 2.48. The fourth-order valence-electron chi connectivity index (χ4n) is 3.31. The Hall–Kier alpha value is -1.97. The van der Waals surface area contributed by atoms with E-state index in [1.807, 2.05) is 0 Å². The van der Waals surface area contributed by atoms with E-state index in [-0.39, 0.29) is 17.0 Å². The molecule has 9 heteroatoms. The molecule has 0 bridgehead atoms. The van der Waals surface area contributed by atoms with Crippen molar-refractivity contribution in [2.45, 2.75) is 29.5 Å². The van der Waals surface area contributed by atoms with Crippen molar-refractivity contribution in [3.05, 3.63) is 54.1 Å². The molecule has 1 N–H and O–H groups in total. The van der Waals surface area contributed by atoms with Crippen molar-refractivity contribution in [3.8, 4) is 11.1 Å². The zero-order valence-corrected chi connectivity index (χ0v) is 16.9. The number of benzene rings is 2. The number of halogens is 2. The van der Waals surface area contributed by atoms with Gasteiger partial charge in [0.2, 0.25) is 10.0 Å². The first-order valence-corrected chi connectivity index (χ1v) is 10.9. The smallest absolute Gasteiger partial charge is 0.323 e.